The molecule has 0 spiro atoms. The number of carbonyl (C=O) groups is 1. The van der Waals surface area contributed by atoms with Crippen molar-refractivity contribution in [1.29, 1.82) is 0 Å². The molecule has 0 aromatic heterocycles. The molecule has 2 N–H and O–H groups in total. The highest BCUT2D eigenvalue weighted by molar-refractivity contribution is 7.89. The fraction of sp³-hybridized carbons (Fsp3) is 0.500. The number of nitrogens with zero attached hydrogens (tertiary/aromatic N) is 1. The fourth-order valence-electron chi connectivity index (χ4n) is 2.97. The number of amides is 2. The number of sulfonamides is 1. The van der Waals surface area contributed by atoms with Crippen LogP contribution >= 0.6 is 0 Å². The molecule has 0 unspecified atom stereocenters. The molecule has 0 heterocycles. The smallest absolute Gasteiger partial charge is 0.319 e. The van der Waals surface area contributed by atoms with E-state index in [1.165, 1.54) is 61.7 Å². The number of hydrogen-bond acceptors (Lipinski definition) is 3. The van der Waals surface area contributed by atoms with Crippen LogP contribution in [0, 0.1) is 5.92 Å². The first-order valence-electron chi connectivity index (χ1n) is 8.65. The van der Waals surface area contributed by atoms with Crippen molar-refractivity contribution >= 4 is 21.7 Å². The SMILES string of the molecule is C=CCN(C)S(=O)(=O)c1ccc(NC(=O)NCC2CCCCC2)cc1. The highest BCUT2D eigenvalue weighted by Gasteiger charge is 2.19. The van der Waals surface area contributed by atoms with Crippen LogP contribution in [-0.4, -0.2) is 38.9 Å². The van der Waals surface area contributed by atoms with Crippen molar-refractivity contribution in [2.75, 3.05) is 25.5 Å². The van der Waals surface area contributed by atoms with E-state index in [2.05, 4.69) is 17.2 Å². The van der Waals surface area contributed by atoms with Gasteiger partial charge in [0.1, 0.15) is 0 Å². The van der Waals surface area contributed by atoms with Gasteiger partial charge >= 0.3 is 6.03 Å². The summed E-state index contributed by atoms with van der Waals surface area (Å²) in [6, 6.07) is 5.91. The van der Waals surface area contributed by atoms with Crippen molar-refractivity contribution in [3.05, 3.63) is 36.9 Å². The van der Waals surface area contributed by atoms with E-state index in [9.17, 15) is 13.2 Å². The molecular formula is C18H27N3O3S. The standard InChI is InChI=1S/C18H27N3O3S/c1-3-13-21(2)25(23,24)17-11-9-16(10-12-17)20-18(22)19-14-15-7-5-4-6-8-15/h3,9-12,15H,1,4-8,13-14H2,2H3,(H2,19,20,22). The molecular weight excluding hydrogens is 338 g/mol. The molecule has 0 atom stereocenters. The van der Waals surface area contributed by atoms with Gasteiger partial charge in [-0.3, -0.25) is 0 Å². The van der Waals surface area contributed by atoms with Crippen LogP contribution < -0.4 is 10.6 Å². The average Bonchev–Trinajstić information content (AvgIpc) is 2.61. The molecule has 6 nitrogen and oxygen atoms in total. The number of hydrogen-bond donors (Lipinski definition) is 2. The average molecular weight is 365 g/mol. The molecule has 138 valence electrons. The topological polar surface area (TPSA) is 78.5 Å². The maximum Gasteiger partial charge on any atom is 0.319 e. The minimum absolute atomic E-state index is 0.185. The van der Waals surface area contributed by atoms with Gasteiger partial charge in [-0.1, -0.05) is 25.3 Å². The minimum Gasteiger partial charge on any atom is -0.338 e. The zero-order chi connectivity index (χ0) is 18.3. The monoisotopic (exact) mass is 365 g/mol. The van der Waals surface area contributed by atoms with E-state index in [0.717, 1.165) is 0 Å². The number of carbonyl (C=O) groups excluding carboxylic acids is 1. The van der Waals surface area contributed by atoms with E-state index in [1.807, 2.05) is 0 Å². The molecule has 2 rings (SSSR count). The summed E-state index contributed by atoms with van der Waals surface area (Å²) in [5, 5.41) is 5.63. The van der Waals surface area contributed by atoms with Gasteiger partial charge in [0.25, 0.3) is 0 Å². The van der Waals surface area contributed by atoms with Crippen LogP contribution in [0.3, 0.4) is 0 Å². The lowest BCUT2D eigenvalue weighted by Gasteiger charge is -2.21. The lowest BCUT2D eigenvalue weighted by Crippen LogP contribution is -2.33. The van der Waals surface area contributed by atoms with E-state index < -0.39 is 10.0 Å². The van der Waals surface area contributed by atoms with Crippen molar-refractivity contribution in [3.8, 4) is 0 Å². The first-order valence-corrected chi connectivity index (χ1v) is 10.1. The van der Waals surface area contributed by atoms with Crippen LogP contribution in [0.5, 0.6) is 0 Å². The third-order valence-electron chi connectivity index (χ3n) is 4.48. The van der Waals surface area contributed by atoms with Gasteiger partial charge in [-0.05, 0) is 43.0 Å². The van der Waals surface area contributed by atoms with E-state index in [1.54, 1.807) is 12.1 Å². The zero-order valence-corrected chi connectivity index (χ0v) is 15.5. The van der Waals surface area contributed by atoms with Gasteiger partial charge in [-0.2, -0.15) is 4.31 Å². The molecule has 1 saturated carbocycles. The van der Waals surface area contributed by atoms with Crippen molar-refractivity contribution in [2.45, 2.75) is 37.0 Å². The maximum atomic E-state index is 12.3. The molecule has 1 aliphatic rings. The summed E-state index contributed by atoms with van der Waals surface area (Å²) < 4.78 is 25.8. The lowest BCUT2D eigenvalue weighted by molar-refractivity contribution is 0.247. The number of urea groups is 1. The Labute approximate surface area is 150 Å². The highest BCUT2D eigenvalue weighted by atomic mass is 32.2. The lowest BCUT2D eigenvalue weighted by atomic mass is 9.89. The number of likely N-dealkylation sites (N-methyl/N-ethyl adjacent to an activating group) is 1. The number of rotatable bonds is 7. The van der Waals surface area contributed by atoms with Gasteiger partial charge in [-0.25, -0.2) is 13.2 Å². The van der Waals surface area contributed by atoms with E-state index in [-0.39, 0.29) is 17.5 Å². The Balaban J connectivity index is 1.89. The largest absolute Gasteiger partial charge is 0.338 e. The molecule has 0 aliphatic heterocycles. The molecule has 0 radical (unpaired) electrons. The second kappa shape index (κ2) is 9.01. The van der Waals surface area contributed by atoms with Crippen molar-refractivity contribution in [1.82, 2.24) is 9.62 Å². The Morgan fingerprint density at radius 1 is 1.24 bits per heavy atom. The van der Waals surface area contributed by atoms with Crippen LogP contribution in [0.2, 0.25) is 0 Å². The number of benzene rings is 1. The second-order valence-electron chi connectivity index (χ2n) is 6.44. The Morgan fingerprint density at radius 2 is 1.88 bits per heavy atom. The van der Waals surface area contributed by atoms with Crippen LogP contribution in [0.15, 0.2) is 41.8 Å². The highest BCUT2D eigenvalue weighted by Crippen LogP contribution is 2.23. The summed E-state index contributed by atoms with van der Waals surface area (Å²) in [4.78, 5) is 12.2. The van der Waals surface area contributed by atoms with E-state index in [4.69, 9.17) is 0 Å². The quantitative estimate of drug-likeness (QED) is 0.728. The van der Waals surface area contributed by atoms with Crippen molar-refractivity contribution in [2.24, 2.45) is 5.92 Å². The fourth-order valence-corrected chi connectivity index (χ4v) is 4.12. The normalized spacial score (nSPS) is 15.8. The van der Waals surface area contributed by atoms with Crippen LogP contribution in [-0.2, 0) is 10.0 Å². The Kier molecular flexibility index (Phi) is 7.01. The third-order valence-corrected chi connectivity index (χ3v) is 6.32. The Morgan fingerprint density at radius 3 is 2.48 bits per heavy atom. The molecule has 0 bridgehead atoms. The summed E-state index contributed by atoms with van der Waals surface area (Å²) in [6.07, 6.45) is 7.65. The van der Waals surface area contributed by atoms with Gasteiger partial charge in [-0.15, -0.1) is 6.58 Å². The third kappa shape index (κ3) is 5.57. The Hall–Kier alpha value is -1.86. The minimum atomic E-state index is -3.54. The van der Waals surface area contributed by atoms with Gasteiger partial charge in [0.15, 0.2) is 0 Å². The van der Waals surface area contributed by atoms with Gasteiger partial charge < -0.3 is 10.6 Å². The summed E-state index contributed by atoms with van der Waals surface area (Å²) in [6.45, 7) is 4.47. The molecule has 1 aromatic carbocycles. The van der Waals surface area contributed by atoms with Gasteiger partial charge in [0.05, 0.1) is 4.90 Å². The van der Waals surface area contributed by atoms with Gasteiger partial charge in [0.2, 0.25) is 10.0 Å². The van der Waals surface area contributed by atoms with Crippen molar-refractivity contribution in [3.63, 3.8) is 0 Å². The zero-order valence-electron chi connectivity index (χ0n) is 14.7. The summed E-state index contributed by atoms with van der Waals surface area (Å²) in [7, 11) is -2.04. The van der Waals surface area contributed by atoms with Crippen LogP contribution in [0.25, 0.3) is 0 Å². The predicted molar refractivity (Wildman–Crippen MR) is 100 cm³/mol. The summed E-state index contributed by atoms with van der Waals surface area (Å²) >= 11 is 0. The molecule has 1 aliphatic carbocycles. The second-order valence-corrected chi connectivity index (χ2v) is 8.48. The molecule has 1 aromatic rings. The first-order chi connectivity index (χ1) is 11.9. The predicted octanol–water partition coefficient (Wildman–Crippen LogP) is 3.19. The number of anilines is 1. The molecule has 2 amide bonds. The van der Waals surface area contributed by atoms with Gasteiger partial charge in [0, 0.05) is 25.8 Å². The van der Waals surface area contributed by atoms with E-state index in [0.29, 0.717) is 18.2 Å². The molecule has 0 saturated heterocycles. The summed E-state index contributed by atoms with van der Waals surface area (Å²) in [5.74, 6) is 0.562. The van der Waals surface area contributed by atoms with E-state index >= 15 is 0 Å². The summed E-state index contributed by atoms with van der Waals surface area (Å²) in [5.41, 5.74) is 0.562. The number of nitrogens with one attached hydrogen (secondary N) is 2. The molecule has 7 heteroatoms. The Bertz CT molecular complexity index is 680. The molecule has 25 heavy (non-hydrogen) atoms. The van der Waals surface area contributed by atoms with Crippen LogP contribution in [0.1, 0.15) is 32.1 Å². The first kappa shape index (κ1) is 19.5. The van der Waals surface area contributed by atoms with Crippen LogP contribution in [0.4, 0.5) is 10.5 Å². The van der Waals surface area contributed by atoms with Crippen molar-refractivity contribution < 1.29 is 13.2 Å². The molecule has 1 fully saturated rings. The maximum absolute atomic E-state index is 12.3.